The van der Waals surface area contributed by atoms with Crippen molar-refractivity contribution in [2.45, 2.75) is 50.6 Å². The van der Waals surface area contributed by atoms with Crippen LogP contribution in [0.5, 0.6) is 0 Å². The van der Waals surface area contributed by atoms with Gasteiger partial charge in [-0.05, 0) is 57.5 Å². The first-order valence-electron chi connectivity index (χ1n) is 7.47. The van der Waals surface area contributed by atoms with E-state index in [0.717, 1.165) is 25.2 Å². The maximum Gasteiger partial charge on any atom is 0.0480 e. The largest absolute Gasteiger partial charge is 0.381 e. The van der Waals surface area contributed by atoms with Crippen LogP contribution in [0.25, 0.3) is 0 Å². The molecule has 2 unspecified atom stereocenters. The van der Waals surface area contributed by atoms with Gasteiger partial charge in [0, 0.05) is 31.8 Å². The molecule has 3 rings (SSSR count). The summed E-state index contributed by atoms with van der Waals surface area (Å²) < 4.78 is 5.51. The molecular weight excluding hydrogens is 212 g/mol. The van der Waals surface area contributed by atoms with Crippen molar-refractivity contribution in [3.8, 4) is 0 Å². The molecule has 0 radical (unpaired) electrons. The van der Waals surface area contributed by atoms with E-state index in [1.165, 1.54) is 58.2 Å². The third kappa shape index (κ3) is 3.43. The molecule has 0 aromatic heterocycles. The van der Waals surface area contributed by atoms with Crippen molar-refractivity contribution in [1.82, 2.24) is 10.2 Å². The molecule has 1 N–H and O–H groups in total. The van der Waals surface area contributed by atoms with Gasteiger partial charge in [0.15, 0.2) is 0 Å². The highest BCUT2D eigenvalue weighted by Crippen LogP contribution is 2.31. The van der Waals surface area contributed by atoms with Crippen molar-refractivity contribution in [3.05, 3.63) is 0 Å². The number of hydrogen-bond donors (Lipinski definition) is 1. The number of hydrogen-bond acceptors (Lipinski definition) is 3. The Kier molecular flexibility index (Phi) is 3.99. The van der Waals surface area contributed by atoms with E-state index < -0.39 is 0 Å². The summed E-state index contributed by atoms with van der Waals surface area (Å²) in [6.45, 7) is 5.85. The first kappa shape index (κ1) is 11.9. The van der Waals surface area contributed by atoms with Crippen LogP contribution >= 0.6 is 0 Å². The molecule has 1 saturated carbocycles. The van der Waals surface area contributed by atoms with Crippen LogP contribution < -0.4 is 5.32 Å². The summed E-state index contributed by atoms with van der Waals surface area (Å²) >= 11 is 0. The molecule has 0 bridgehead atoms. The Morgan fingerprint density at radius 2 is 2.00 bits per heavy atom. The van der Waals surface area contributed by atoms with E-state index in [0.29, 0.717) is 6.04 Å². The lowest BCUT2D eigenvalue weighted by atomic mass is 10.1. The highest BCUT2D eigenvalue weighted by molar-refractivity contribution is 4.90. The van der Waals surface area contributed by atoms with Gasteiger partial charge in [0.1, 0.15) is 0 Å². The minimum atomic E-state index is 0.715. The maximum atomic E-state index is 5.51. The van der Waals surface area contributed by atoms with Crippen LogP contribution in [-0.2, 0) is 4.74 Å². The standard InChI is InChI=1S/C14H26N2O/c1-2-13(6-9-17-8-1)15-10-12-5-7-16(11-12)14-3-4-14/h12-15H,1-11H2. The molecule has 0 aromatic rings. The average molecular weight is 238 g/mol. The molecule has 3 aliphatic rings. The van der Waals surface area contributed by atoms with Gasteiger partial charge in [-0.1, -0.05) is 0 Å². The summed E-state index contributed by atoms with van der Waals surface area (Å²) in [4.78, 5) is 2.71. The lowest BCUT2D eigenvalue weighted by Gasteiger charge is -2.19. The van der Waals surface area contributed by atoms with E-state index in [-0.39, 0.29) is 0 Å². The highest BCUT2D eigenvalue weighted by Gasteiger charge is 2.34. The van der Waals surface area contributed by atoms with E-state index in [2.05, 4.69) is 10.2 Å². The molecule has 2 aliphatic heterocycles. The van der Waals surface area contributed by atoms with Crippen LogP contribution in [0.3, 0.4) is 0 Å². The third-order valence-electron chi connectivity index (χ3n) is 4.53. The fraction of sp³-hybridized carbons (Fsp3) is 1.00. The predicted molar refractivity (Wildman–Crippen MR) is 69.2 cm³/mol. The van der Waals surface area contributed by atoms with Gasteiger partial charge in [0.05, 0.1) is 0 Å². The summed E-state index contributed by atoms with van der Waals surface area (Å²) in [6, 6.07) is 1.68. The van der Waals surface area contributed by atoms with Crippen molar-refractivity contribution in [2.24, 2.45) is 5.92 Å². The predicted octanol–water partition coefficient (Wildman–Crippen LogP) is 1.63. The normalized spacial score (nSPS) is 36.0. The quantitative estimate of drug-likeness (QED) is 0.805. The van der Waals surface area contributed by atoms with Gasteiger partial charge in [-0.2, -0.15) is 0 Å². The van der Waals surface area contributed by atoms with Crippen LogP contribution in [-0.4, -0.2) is 49.8 Å². The Morgan fingerprint density at radius 1 is 1.06 bits per heavy atom. The molecule has 0 amide bonds. The minimum absolute atomic E-state index is 0.715. The Morgan fingerprint density at radius 3 is 2.88 bits per heavy atom. The van der Waals surface area contributed by atoms with E-state index in [1.807, 2.05) is 0 Å². The van der Waals surface area contributed by atoms with Crippen molar-refractivity contribution in [3.63, 3.8) is 0 Å². The minimum Gasteiger partial charge on any atom is -0.381 e. The van der Waals surface area contributed by atoms with Crippen molar-refractivity contribution in [1.29, 1.82) is 0 Å². The Hall–Kier alpha value is -0.120. The Balaban J connectivity index is 1.36. The van der Waals surface area contributed by atoms with Crippen LogP contribution in [0.4, 0.5) is 0 Å². The number of ether oxygens (including phenoxy) is 1. The van der Waals surface area contributed by atoms with E-state index in [4.69, 9.17) is 4.74 Å². The second-order valence-corrected chi connectivity index (χ2v) is 6.03. The highest BCUT2D eigenvalue weighted by atomic mass is 16.5. The zero-order chi connectivity index (χ0) is 11.5. The van der Waals surface area contributed by atoms with E-state index in [9.17, 15) is 0 Å². The summed E-state index contributed by atoms with van der Waals surface area (Å²) in [5.41, 5.74) is 0. The summed E-state index contributed by atoms with van der Waals surface area (Å²) in [5.74, 6) is 0.903. The molecule has 98 valence electrons. The number of rotatable bonds is 4. The molecule has 3 nitrogen and oxygen atoms in total. The summed E-state index contributed by atoms with van der Waals surface area (Å²) in [5, 5.41) is 3.78. The first-order valence-corrected chi connectivity index (χ1v) is 7.47. The number of nitrogens with one attached hydrogen (secondary N) is 1. The van der Waals surface area contributed by atoms with Crippen LogP contribution in [0, 0.1) is 5.92 Å². The zero-order valence-electron chi connectivity index (χ0n) is 10.9. The smallest absolute Gasteiger partial charge is 0.0480 e. The Labute approximate surface area is 105 Å². The van der Waals surface area contributed by atoms with Gasteiger partial charge in [0.25, 0.3) is 0 Å². The molecule has 1 aliphatic carbocycles. The first-order chi connectivity index (χ1) is 8.42. The SMILES string of the molecule is C1COCCC(NCC2CCN(C3CC3)C2)C1. The molecule has 2 saturated heterocycles. The average Bonchev–Trinajstić information content (AvgIpc) is 3.13. The van der Waals surface area contributed by atoms with Crippen LogP contribution in [0.2, 0.25) is 0 Å². The molecule has 2 atom stereocenters. The summed E-state index contributed by atoms with van der Waals surface area (Å²) in [7, 11) is 0. The molecule has 0 aromatic carbocycles. The molecule has 17 heavy (non-hydrogen) atoms. The van der Waals surface area contributed by atoms with E-state index in [1.54, 1.807) is 0 Å². The molecule has 3 heteroatoms. The zero-order valence-corrected chi connectivity index (χ0v) is 10.9. The maximum absolute atomic E-state index is 5.51. The van der Waals surface area contributed by atoms with Crippen LogP contribution in [0.1, 0.15) is 38.5 Å². The van der Waals surface area contributed by atoms with Gasteiger partial charge in [-0.25, -0.2) is 0 Å². The monoisotopic (exact) mass is 238 g/mol. The van der Waals surface area contributed by atoms with Gasteiger partial charge >= 0.3 is 0 Å². The lowest BCUT2D eigenvalue weighted by molar-refractivity contribution is 0.142. The second-order valence-electron chi connectivity index (χ2n) is 6.03. The van der Waals surface area contributed by atoms with Gasteiger partial charge in [-0.3, -0.25) is 0 Å². The molecule has 3 fully saturated rings. The fourth-order valence-electron chi connectivity index (χ4n) is 3.24. The lowest BCUT2D eigenvalue weighted by Crippen LogP contribution is -2.34. The van der Waals surface area contributed by atoms with Crippen LogP contribution in [0.15, 0.2) is 0 Å². The summed E-state index contributed by atoms with van der Waals surface area (Å²) in [6.07, 6.45) is 8.07. The molecule has 0 spiro atoms. The van der Waals surface area contributed by atoms with Crippen molar-refractivity contribution < 1.29 is 4.74 Å². The van der Waals surface area contributed by atoms with Gasteiger partial charge < -0.3 is 15.0 Å². The van der Waals surface area contributed by atoms with Gasteiger partial charge in [0.2, 0.25) is 0 Å². The topological polar surface area (TPSA) is 24.5 Å². The second kappa shape index (κ2) is 5.68. The Bertz CT molecular complexity index is 234. The third-order valence-corrected chi connectivity index (χ3v) is 4.53. The van der Waals surface area contributed by atoms with E-state index >= 15 is 0 Å². The van der Waals surface area contributed by atoms with Crippen molar-refractivity contribution in [2.75, 3.05) is 32.8 Å². The number of likely N-dealkylation sites (tertiary alicyclic amines) is 1. The fourth-order valence-corrected chi connectivity index (χ4v) is 3.24. The van der Waals surface area contributed by atoms with Crippen molar-refractivity contribution >= 4 is 0 Å². The molecule has 2 heterocycles. The van der Waals surface area contributed by atoms with Gasteiger partial charge in [-0.15, -0.1) is 0 Å². The molecular formula is C14H26N2O. The number of nitrogens with zero attached hydrogens (tertiary/aromatic N) is 1.